The number of nitrogens with zero attached hydrogens (tertiary/aromatic N) is 4. The molecule has 1 fully saturated rings. The van der Waals surface area contributed by atoms with Crippen molar-refractivity contribution in [2.24, 2.45) is 0 Å². The van der Waals surface area contributed by atoms with E-state index in [0.717, 1.165) is 18.7 Å². The van der Waals surface area contributed by atoms with Gasteiger partial charge in [-0.15, -0.1) is 10.2 Å². The molecule has 160 valence electrons. The second-order valence-electron chi connectivity index (χ2n) is 7.83. The maximum Gasteiger partial charge on any atom is 0.311 e. The lowest BCUT2D eigenvalue weighted by atomic mass is 9.96. The lowest BCUT2D eigenvalue weighted by Gasteiger charge is -2.39. The van der Waals surface area contributed by atoms with Gasteiger partial charge in [-0.1, -0.05) is 78.9 Å². The van der Waals surface area contributed by atoms with Crippen molar-refractivity contribution in [3.63, 3.8) is 0 Å². The van der Waals surface area contributed by atoms with Crippen LogP contribution in [0, 0.1) is 0 Å². The molecule has 0 radical (unpaired) electrons. The first-order valence-electron chi connectivity index (χ1n) is 10.8. The van der Waals surface area contributed by atoms with Crippen LogP contribution in [0.15, 0.2) is 95.4 Å². The highest BCUT2D eigenvalue weighted by Crippen LogP contribution is 2.29. The number of hydrogen-bond acceptors (Lipinski definition) is 5. The first-order chi connectivity index (χ1) is 15.8. The Bertz CT molecular complexity index is 1110. The van der Waals surface area contributed by atoms with Crippen LogP contribution < -0.4 is 0 Å². The van der Waals surface area contributed by atoms with Crippen LogP contribution in [-0.2, 0) is 0 Å². The molecule has 1 aliphatic rings. The summed E-state index contributed by atoms with van der Waals surface area (Å²) in [6.45, 7) is 2.75. The fourth-order valence-corrected chi connectivity index (χ4v) is 4.21. The Labute approximate surface area is 187 Å². The van der Waals surface area contributed by atoms with E-state index in [1.807, 2.05) is 42.5 Å². The fourth-order valence-electron chi connectivity index (χ4n) is 4.21. The quantitative estimate of drug-likeness (QED) is 0.478. The predicted octanol–water partition coefficient (Wildman–Crippen LogP) is 4.28. The zero-order chi connectivity index (χ0) is 21.8. The third kappa shape index (κ3) is 4.18. The minimum absolute atomic E-state index is 0.0416. The fraction of sp³-hybridized carbons (Fsp3) is 0.192. The van der Waals surface area contributed by atoms with E-state index in [-0.39, 0.29) is 17.8 Å². The minimum atomic E-state index is -0.213. The summed E-state index contributed by atoms with van der Waals surface area (Å²) in [5.41, 5.74) is 3.31. The average Bonchev–Trinajstić information content (AvgIpc) is 3.37. The summed E-state index contributed by atoms with van der Waals surface area (Å²) in [4.78, 5) is 17.2. The Morgan fingerprint density at radius 2 is 1.25 bits per heavy atom. The van der Waals surface area contributed by atoms with Crippen molar-refractivity contribution < 1.29 is 9.21 Å². The van der Waals surface area contributed by atoms with E-state index in [1.54, 1.807) is 4.90 Å². The smallest absolute Gasteiger partial charge is 0.311 e. The molecule has 0 saturated carbocycles. The molecule has 2 heterocycles. The second-order valence-corrected chi connectivity index (χ2v) is 7.83. The van der Waals surface area contributed by atoms with Gasteiger partial charge in [-0.25, -0.2) is 0 Å². The molecule has 0 unspecified atom stereocenters. The van der Waals surface area contributed by atoms with Gasteiger partial charge >= 0.3 is 11.8 Å². The van der Waals surface area contributed by atoms with Gasteiger partial charge in [-0.05, 0) is 23.3 Å². The van der Waals surface area contributed by atoms with E-state index in [2.05, 4.69) is 63.6 Å². The Morgan fingerprint density at radius 3 is 1.81 bits per heavy atom. The molecule has 0 spiro atoms. The van der Waals surface area contributed by atoms with Crippen LogP contribution in [0.1, 0.15) is 27.9 Å². The van der Waals surface area contributed by atoms with Crippen LogP contribution in [0.5, 0.6) is 0 Å². The van der Waals surface area contributed by atoms with Gasteiger partial charge in [0.1, 0.15) is 0 Å². The van der Waals surface area contributed by atoms with Crippen molar-refractivity contribution in [2.75, 3.05) is 26.2 Å². The van der Waals surface area contributed by atoms with Gasteiger partial charge in [0.05, 0.1) is 6.04 Å². The van der Waals surface area contributed by atoms with Crippen LogP contribution in [0.4, 0.5) is 0 Å². The summed E-state index contributed by atoms with van der Waals surface area (Å²) < 4.78 is 5.67. The van der Waals surface area contributed by atoms with Crippen LogP contribution >= 0.6 is 0 Å². The number of benzene rings is 3. The van der Waals surface area contributed by atoms with E-state index in [9.17, 15) is 4.79 Å². The number of hydrogen-bond donors (Lipinski definition) is 0. The highest BCUT2D eigenvalue weighted by atomic mass is 16.4. The summed E-state index contributed by atoms with van der Waals surface area (Å²) in [6, 6.07) is 30.7. The molecule has 6 nitrogen and oxygen atoms in total. The standard InChI is InChI=1S/C26H24N4O2/c31-26(25-28-27-24(32-25)22-14-8-3-9-15-22)30-18-16-29(17-19-30)23(20-10-4-1-5-11-20)21-12-6-2-7-13-21/h1-15,23H,16-19H2. The van der Waals surface area contributed by atoms with Gasteiger partial charge in [0.15, 0.2) is 0 Å². The first kappa shape index (κ1) is 20.2. The molecule has 1 amide bonds. The number of aromatic nitrogens is 2. The van der Waals surface area contributed by atoms with E-state index < -0.39 is 0 Å². The summed E-state index contributed by atoms with van der Waals surface area (Å²) >= 11 is 0. The number of amides is 1. The number of carbonyl (C=O) groups excluding carboxylic acids is 1. The van der Waals surface area contributed by atoms with Crippen LogP contribution in [0.25, 0.3) is 11.5 Å². The largest absolute Gasteiger partial charge is 0.412 e. The van der Waals surface area contributed by atoms with E-state index in [4.69, 9.17) is 4.42 Å². The maximum absolute atomic E-state index is 13.0. The molecular weight excluding hydrogens is 400 g/mol. The second kappa shape index (κ2) is 9.16. The third-order valence-corrected chi connectivity index (χ3v) is 5.83. The van der Waals surface area contributed by atoms with Crippen molar-refractivity contribution in [3.8, 4) is 11.5 Å². The third-order valence-electron chi connectivity index (χ3n) is 5.83. The van der Waals surface area contributed by atoms with Gasteiger partial charge in [0, 0.05) is 31.7 Å². The monoisotopic (exact) mass is 424 g/mol. The lowest BCUT2D eigenvalue weighted by Crippen LogP contribution is -2.50. The highest BCUT2D eigenvalue weighted by Gasteiger charge is 2.30. The van der Waals surface area contributed by atoms with Gasteiger partial charge < -0.3 is 9.32 Å². The van der Waals surface area contributed by atoms with E-state index in [0.29, 0.717) is 19.0 Å². The van der Waals surface area contributed by atoms with Crippen molar-refractivity contribution >= 4 is 5.91 Å². The van der Waals surface area contributed by atoms with Gasteiger partial charge in [0.2, 0.25) is 5.89 Å². The van der Waals surface area contributed by atoms with Gasteiger partial charge in [-0.2, -0.15) is 0 Å². The number of carbonyl (C=O) groups is 1. The van der Waals surface area contributed by atoms with Crippen molar-refractivity contribution in [3.05, 3.63) is 108 Å². The summed E-state index contributed by atoms with van der Waals surface area (Å²) in [7, 11) is 0. The Hall–Kier alpha value is -3.77. The molecule has 6 heteroatoms. The molecule has 4 aromatic rings. The van der Waals surface area contributed by atoms with Crippen LogP contribution in [-0.4, -0.2) is 52.1 Å². The Balaban J connectivity index is 1.30. The summed E-state index contributed by atoms with van der Waals surface area (Å²) in [5, 5.41) is 8.05. The maximum atomic E-state index is 13.0. The minimum Gasteiger partial charge on any atom is -0.412 e. The number of rotatable bonds is 5. The van der Waals surface area contributed by atoms with Crippen LogP contribution in [0.2, 0.25) is 0 Å². The van der Waals surface area contributed by atoms with Gasteiger partial charge in [-0.3, -0.25) is 9.69 Å². The molecule has 0 atom stereocenters. The van der Waals surface area contributed by atoms with Crippen molar-refractivity contribution in [2.45, 2.75) is 6.04 Å². The molecule has 32 heavy (non-hydrogen) atoms. The molecule has 1 aromatic heterocycles. The lowest BCUT2D eigenvalue weighted by molar-refractivity contribution is 0.0561. The SMILES string of the molecule is O=C(c1nnc(-c2ccccc2)o1)N1CCN(C(c2ccccc2)c2ccccc2)CC1. The van der Waals surface area contributed by atoms with E-state index >= 15 is 0 Å². The molecule has 3 aromatic carbocycles. The molecule has 0 bridgehead atoms. The molecule has 0 aliphatic carbocycles. The summed E-state index contributed by atoms with van der Waals surface area (Å²) in [6.07, 6.45) is 0. The number of piperazine rings is 1. The Morgan fingerprint density at radius 1 is 0.719 bits per heavy atom. The van der Waals surface area contributed by atoms with Crippen molar-refractivity contribution in [1.82, 2.24) is 20.0 Å². The molecule has 0 N–H and O–H groups in total. The zero-order valence-electron chi connectivity index (χ0n) is 17.7. The molecule has 1 saturated heterocycles. The predicted molar refractivity (Wildman–Crippen MR) is 122 cm³/mol. The van der Waals surface area contributed by atoms with Crippen molar-refractivity contribution in [1.29, 1.82) is 0 Å². The highest BCUT2D eigenvalue weighted by molar-refractivity contribution is 5.89. The van der Waals surface area contributed by atoms with E-state index in [1.165, 1.54) is 11.1 Å². The zero-order valence-corrected chi connectivity index (χ0v) is 17.7. The molecular formula is C26H24N4O2. The molecule has 1 aliphatic heterocycles. The molecule has 5 rings (SSSR count). The van der Waals surface area contributed by atoms with Crippen LogP contribution in [0.3, 0.4) is 0 Å². The Kier molecular flexibility index (Phi) is 5.77. The topological polar surface area (TPSA) is 62.5 Å². The van der Waals surface area contributed by atoms with Gasteiger partial charge in [0.25, 0.3) is 0 Å². The first-order valence-corrected chi connectivity index (χ1v) is 10.8. The summed E-state index contributed by atoms with van der Waals surface area (Å²) in [5.74, 6) is 0.191. The normalized spacial score (nSPS) is 14.6. The average molecular weight is 425 g/mol.